The number of halogens is 2. The molecule has 1 aromatic rings. The number of hydrogen-bond acceptors (Lipinski definition) is 5. The highest BCUT2D eigenvalue weighted by Gasteiger charge is 2.43. The van der Waals surface area contributed by atoms with Crippen LogP contribution in [-0.4, -0.2) is 24.8 Å². The van der Waals surface area contributed by atoms with Gasteiger partial charge in [-0.15, -0.1) is 8.78 Å². The molecule has 1 aliphatic heterocycles. The van der Waals surface area contributed by atoms with Crippen molar-refractivity contribution in [3.63, 3.8) is 0 Å². The van der Waals surface area contributed by atoms with Crippen molar-refractivity contribution < 1.29 is 32.6 Å². The average molecular weight is 341 g/mol. The number of fused-ring (bicyclic) bond motifs is 1. The summed E-state index contributed by atoms with van der Waals surface area (Å²) >= 11 is 0. The third-order valence-electron chi connectivity index (χ3n) is 3.97. The van der Waals surface area contributed by atoms with Crippen LogP contribution >= 0.6 is 0 Å². The van der Waals surface area contributed by atoms with Crippen LogP contribution in [0.1, 0.15) is 32.1 Å². The number of amides is 1. The Kier molecular flexibility index (Phi) is 4.55. The predicted octanol–water partition coefficient (Wildman–Crippen LogP) is 3.07. The van der Waals surface area contributed by atoms with Crippen LogP contribution < -0.4 is 14.8 Å². The van der Waals surface area contributed by atoms with Crippen LogP contribution in [0.3, 0.4) is 0 Å². The molecule has 1 aromatic carbocycles. The molecular weight excluding hydrogens is 324 g/mol. The zero-order valence-electron chi connectivity index (χ0n) is 12.8. The Morgan fingerprint density at radius 2 is 1.88 bits per heavy atom. The molecular formula is C16H17F2NO5. The minimum absolute atomic E-state index is 0.110. The minimum Gasteiger partial charge on any atom is -0.455 e. The molecule has 1 fully saturated rings. The smallest absolute Gasteiger partial charge is 0.455 e. The Balaban J connectivity index is 1.50. The van der Waals surface area contributed by atoms with Gasteiger partial charge in [0.25, 0.3) is 5.91 Å². The summed E-state index contributed by atoms with van der Waals surface area (Å²) in [5.41, 5.74) is 0.244. The van der Waals surface area contributed by atoms with Gasteiger partial charge in [0.15, 0.2) is 18.1 Å². The minimum atomic E-state index is -3.71. The molecule has 0 radical (unpaired) electrons. The zero-order chi connectivity index (χ0) is 17.2. The lowest BCUT2D eigenvalue weighted by Crippen LogP contribution is -2.26. The van der Waals surface area contributed by atoms with Crippen molar-refractivity contribution in [1.82, 2.24) is 0 Å². The highest BCUT2D eigenvalue weighted by atomic mass is 19.3. The summed E-state index contributed by atoms with van der Waals surface area (Å²) in [6.07, 6.45) is 0.975. The summed E-state index contributed by atoms with van der Waals surface area (Å²) in [5.74, 6) is -1.34. The van der Waals surface area contributed by atoms with E-state index in [1.54, 1.807) is 0 Å². The maximum absolute atomic E-state index is 12.9. The van der Waals surface area contributed by atoms with Crippen molar-refractivity contribution in [1.29, 1.82) is 0 Å². The average Bonchev–Trinajstić information content (AvgIpc) is 2.86. The van der Waals surface area contributed by atoms with Crippen molar-refractivity contribution in [2.75, 3.05) is 11.9 Å². The van der Waals surface area contributed by atoms with E-state index in [1.165, 1.54) is 18.2 Å². The molecule has 0 bridgehead atoms. The molecule has 0 atom stereocenters. The van der Waals surface area contributed by atoms with Crippen LogP contribution in [0.2, 0.25) is 0 Å². The number of ether oxygens (including phenoxy) is 3. The van der Waals surface area contributed by atoms with E-state index in [9.17, 15) is 18.4 Å². The van der Waals surface area contributed by atoms with Gasteiger partial charge in [-0.1, -0.05) is 19.3 Å². The number of benzene rings is 1. The predicted molar refractivity (Wildman–Crippen MR) is 78.8 cm³/mol. The van der Waals surface area contributed by atoms with Crippen LogP contribution in [0, 0.1) is 5.92 Å². The van der Waals surface area contributed by atoms with Gasteiger partial charge in [-0.25, -0.2) is 0 Å². The molecule has 2 aliphatic rings. The standard InChI is InChI=1S/C16H17F2NO5/c17-16(18)23-12-7-6-11(8-13(12)24-16)19-14(20)9-22-15(21)10-4-2-1-3-5-10/h6-8,10H,1-5,9H2,(H,19,20). The van der Waals surface area contributed by atoms with Crippen LogP contribution in [-0.2, 0) is 14.3 Å². The molecule has 0 spiro atoms. The second-order valence-electron chi connectivity index (χ2n) is 5.82. The van der Waals surface area contributed by atoms with Gasteiger partial charge >= 0.3 is 12.3 Å². The fourth-order valence-corrected chi connectivity index (χ4v) is 2.82. The van der Waals surface area contributed by atoms with E-state index >= 15 is 0 Å². The largest absolute Gasteiger partial charge is 0.586 e. The fraction of sp³-hybridized carbons (Fsp3) is 0.500. The summed E-state index contributed by atoms with van der Waals surface area (Å²) in [7, 11) is 0. The lowest BCUT2D eigenvalue weighted by Gasteiger charge is -2.19. The number of anilines is 1. The molecule has 24 heavy (non-hydrogen) atoms. The summed E-state index contributed by atoms with van der Waals surface area (Å²) in [5, 5.41) is 2.46. The molecule has 1 saturated carbocycles. The van der Waals surface area contributed by atoms with E-state index < -0.39 is 18.8 Å². The quantitative estimate of drug-likeness (QED) is 0.852. The Morgan fingerprint density at radius 1 is 1.17 bits per heavy atom. The van der Waals surface area contributed by atoms with Crippen LogP contribution in [0.5, 0.6) is 11.5 Å². The maximum atomic E-state index is 12.9. The number of carbonyl (C=O) groups is 2. The van der Waals surface area contributed by atoms with Gasteiger partial charge in [0, 0.05) is 11.8 Å². The Hall–Kier alpha value is -2.38. The molecule has 8 heteroatoms. The van der Waals surface area contributed by atoms with Gasteiger partial charge in [-0.05, 0) is 25.0 Å². The lowest BCUT2D eigenvalue weighted by atomic mass is 9.89. The Morgan fingerprint density at radius 3 is 2.62 bits per heavy atom. The molecule has 3 rings (SSSR count). The van der Waals surface area contributed by atoms with E-state index in [4.69, 9.17) is 4.74 Å². The van der Waals surface area contributed by atoms with E-state index in [2.05, 4.69) is 14.8 Å². The van der Waals surface area contributed by atoms with Gasteiger partial charge in [-0.2, -0.15) is 0 Å². The Bertz CT molecular complexity index is 643. The van der Waals surface area contributed by atoms with Crippen molar-refractivity contribution in [3.05, 3.63) is 18.2 Å². The second kappa shape index (κ2) is 6.62. The number of carbonyl (C=O) groups excluding carboxylic acids is 2. The number of rotatable bonds is 4. The van der Waals surface area contributed by atoms with Gasteiger partial charge in [0.1, 0.15) is 0 Å². The van der Waals surface area contributed by atoms with E-state index in [0.29, 0.717) is 0 Å². The van der Waals surface area contributed by atoms with Crippen molar-refractivity contribution in [2.24, 2.45) is 5.92 Å². The lowest BCUT2D eigenvalue weighted by molar-refractivity contribution is -0.286. The highest BCUT2D eigenvalue weighted by Crippen LogP contribution is 2.42. The van der Waals surface area contributed by atoms with Crippen molar-refractivity contribution in [3.8, 4) is 11.5 Å². The number of esters is 1. The van der Waals surface area contributed by atoms with E-state index in [1.807, 2.05) is 0 Å². The first-order valence-corrected chi connectivity index (χ1v) is 7.79. The summed E-state index contributed by atoms with van der Waals surface area (Å²) in [6.45, 7) is -0.417. The van der Waals surface area contributed by atoms with Gasteiger partial charge in [0.05, 0.1) is 5.92 Å². The SMILES string of the molecule is O=C(COC(=O)C1CCCCC1)Nc1ccc2c(c1)OC(F)(F)O2. The molecule has 0 unspecified atom stereocenters. The normalized spacial score (nSPS) is 18.9. The Labute approximate surface area is 137 Å². The van der Waals surface area contributed by atoms with Crippen LogP contribution in [0.4, 0.5) is 14.5 Å². The molecule has 6 nitrogen and oxygen atoms in total. The third-order valence-corrected chi connectivity index (χ3v) is 3.97. The highest BCUT2D eigenvalue weighted by molar-refractivity contribution is 5.93. The fourth-order valence-electron chi connectivity index (χ4n) is 2.82. The van der Waals surface area contributed by atoms with Crippen molar-refractivity contribution in [2.45, 2.75) is 38.4 Å². The van der Waals surface area contributed by atoms with Crippen LogP contribution in [0.15, 0.2) is 18.2 Å². The first-order valence-electron chi connectivity index (χ1n) is 7.79. The molecule has 1 N–H and O–H groups in total. The molecule has 0 saturated heterocycles. The second-order valence-corrected chi connectivity index (χ2v) is 5.82. The molecule has 1 aliphatic carbocycles. The van der Waals surface area contributed by atoms with E-state index in [-0.39, 0.29) is 29.1 Å². The number of nitrogens with one attached hydrogen (secondary N) is 1. The van der Waals surface area contributed by atoms with Crippen LogP contribution in [0.25, 0.3) is 0 Å². The van der Waals surface area contributed by atoms with Crippen molar-refractivity contribution >= 4 is 17.6 Å². The summed E-state index contributed by atoms with van der Waals surface area (Å²) < 4.78 is 39.4. The first-order chi connectivity index (χ1) is 11.4. The molecule has 1 amide bonds. The van der Waals surface area contributed by atoms with Gasteiger partial charge < -0.3 is 19.5 Å². The van der Waals surface area contributed by atoms with Gasteiger partial charge in [0.2, 0.25) is 0 Å². The molecule has 1 heterocycles. The summed E-state index contributed by atoms with van der Waals surface area (Å²) in [6, 6.07) is 3.88. The van der Waals surface area contributed by atoms with Gasteiger partial charge in [-0.3, -0.25) is 9.59 Å². The topological polar surface area (TPSA) is 73.9 Å². The van der Waals surface area contributed by atoms with E-state index in [0.717, 1.165) is 32.1 Å². The zero-order valence-corrected chi connectivity index (χ0v) is 12.8. The molecule has 130 valence electrons. The number of alkyl halides is 2. The number of hydrogen-bond donors (Lipinski definition) is 1. The third kappa shape index (κ3) is 3.93. The first kappa shape index (κ1) is 16.5. The molecule has 0 aromatic heterocycles. The monoisotopic (exact) mass is 341 g/mol. The summed E-state index contributed by atoms with van der Waals surface area (Å²) in [4.78, 5) is 23.7. The maximum Gasteiger partial charge on any atom is 0.586 e.